The fourth-order valence-electron chi connectivity index (χ4n) is 2.52. The van der Waals surface area contributed by atoms with E-state index in [2.05, 4.69) is 5.32 Å². The van der Waals surface area contributed by atoms with Gasteiger partial charge in [-0.15, -0.1) is 0 Å². The number of aryl methyl sites for hydroxylation is 1. The van der Waals surface area contributed by atoms with Gasteiger partial charge in [0.2, 0.25) is 0 Å². The van der Waals surface area contributed by atoms with Gasteiger partial charge in [-0.25, -0.2) is 8.42 Å². The second kappa shape index (κ2) is 8.86. The molecule has 0 spiro atoms. The van der Waals surface area contributed by atoms with Crippen LogP contribution in [0.2, 0.25) is 0 Å². The number of amides is 1. The molecule has 0 bridgehead atoms. The Bertz CT molecular complexity index is 936. The highest BCUT2D eigenvalue weighted by Gasteiger charge is 2.24. The van der Waals surface area contributed by atoms with Gasteiger partial charge in [-0.2, -0.15) is 0 Å². The molecular formula is C22H30N2O4S. The lowest BCUT2D eigenvalue weighted by Gasteiger charge is -2.26. The summed E-state index contributed by atoms with van der Waals surface area (Å²) in [5.74, 6) is 0.298. The van der Waals surface area contributed by atoms with E-state index in [1.54, 1.807) is 55.5 Å². The molecule has 1 N–H and O–H groups in total. The average molecular weight is 419 g/mol. The van der Waals surface area contributed by atoms with E-state index in [1.165, 1.54) is 11.4 Å². The lowest BCUT2D eigenvalue weighted by Crippen LogP contribution is -2.48. The number of hydrogen-bond acceptors (Lipinski definition) is 4. The molecule has 0 fully saturated rings. The van der Waals surface area contributed by atoms with Crippen LogP contribution < -0.4 is 14.4 Å². The highest BCUT2D eigenvalue weighted by atomic mass is 32.2. The van der Waals surface area contributed by atoms with Crippen molar-refractivity contribution in [3.63, 3.8) is 0 Å². The van der Waals surface area contributed by atoms with Crippen LogP contribution in [0, 0.1) is 6.92 Å². The Morgan fingerprint density at radius 2 is 1.66 bits per heavy atom. The largest absolute Gasteiger partial charge is 0.481 e. The maximum atomic E-state index is 12.8. The summed E-state index contributed by atoms with van der Waals surface area (Å²) in [6.45, 7) is 9.51. The van der Waals surface area contributed by atoms with Crippen molar-refractivity contribution in [3.8, 4) is 5.75 Å². The average Bonchev–Trinajstić information content (AvgIpc) is 2.68. The molecule has 1 atom stereocenters. The first-order chi connectivity index (χ1) is 13.5. The normalized spacial score (nSPS) is 12.9. The molecule has 1 amide bonds. The minimum absolute atomic E-state index is 0.194. The van der Waals surface area contributed by atoms with Crippen LogP contribution in [0.15, 0.2) is 53.4 Å². The van der Waals surface area contributed by atoms with Crippen molar-refractivity contribution in [3.05, 3.63) is 54.1 Å². The van der Waals surface area contributed by atoms with E-state index in [0.717, 1.165) is 12.0 Å². The fraction of sp³-hybridized carbons (Fsp3) is 0.409. The number of nitrogens with zero attached hydrogens (tertiary/aromatic N) is 1. The molecule has 29 heavy (non-hydrogen) atoms. The number of hydrogen-bond donors (Lipinski definition) is 1. The molecule has 0 aliphatic rings. The molecular weight excluding hydrogens is 388 g/mol. The zero-order valence-corrected chi connectivity index (χ0v) is 18.7. The van der Waals surface area contributed by atoms with Gasteiger partial charge in [0.05, 0.1) is 10.6 Å². The highest BCUT2D eigenvalue weighted by molar-refractivity contribution is 7.92. The molecule has 0 saturated carbocycles. The van der Waals surface area contributed by atoms with Crippen LogP contribution in [-0.4, -0.2) is 33.0 Å². The summed E-state index contributed by atoms with van der Waals surface area (Å²) >= 11 is 0. The van der Waals surface area contributed by atoms with E-state index in [1.807, 2.05) is 27.7 Å². The molecule has 2 rings (SSSR count). The molecule has 6 nitrogen and oxygen atoms in total. The Morgan fingerprint density at radius 3 is 2.17 bits per heavy atom. The second-order valence-corrected chi connectivity index (χ2v) is 9.74. The van der Waals surface area contributed by atoms with Gasteiger partial charge in [0.15, 0.2) is 6.10 Å². The van der Waals surface area contributed by atoms with E-state index in [9.17, 15) is 13.2 Å². The number of anilines is 1. The first-order valence-electron chi connectivity index (χ1n) is 9.60. The van der Waals surface area contributed by atoms with Crippen molar-refractivity contribution in [1.82, 2.24) is 5.32 Å². The molecule has 0 aliphatic heterocycles. The topological polar surface area (TPSA) is 75.7 Å². The van der Waals surface area contributed by atoms with Crippen LogP contribution in [-0.2, 0) is 14.8 Å². The highest BCUT2D eigenvalue weighted by Crippen LogP contribution is 2.25. The minimum Gasteiger partial charge on any atom is -0.481 e. The Labute approximate surface area is 173 Å². The van der Waals surface area contributed by atoms with E-state index in [-0.39, 0.29) is 16.3 Å². The number of carbonyl (C=O) groups is 1. The Hall–Kier alpha value is -2.54. The van der Waals surface area contributed by atoms with Gasteiger partial charge >= 0.3 is 0 Å². The lowest BCUT2D eigenvalue weighted by molar-refractivity contribution is -0.128. The molecule has 0 aromatic heterocycles. The zero-order valence-electron chi connectivity index (χ0n) is 17.9. The van der Waals surface area contributed by atoms with Crippen molar-refractivity contribution in [1.29, 1.82) is 0 Å². The number of benzene rings is 2. The zero-order chi connectivity index (χ0) is 21.8. The smallest absolute Gasteiger partial charge is 0.264 e. The maximum Gasteiger partial charge on any atom is 0.264 e. The Balaban J connectivity index is 2.09. The van der Waals surface area contributed by atoms with E-state index >= 15 is 0 Å². The van der Waals surface area contributed by atoms with Gasteiger partial charge in [-0.1, -0.05) is 24.6 Å². The number of rotatable bonds is 8. The monoisotopic (exact) mass is 418 g/mol. The van der Waals surface area contributed by atoms with Crippen LogP contribution in [0.3, 0.4) is 0 Å². The van der Waals surface area contributed by atoms with Crippen LogP contribution in [0.5, 0.6) is 5.75 Å². The lowest BCUT2D eigenvalue weighted by atomic mass is 10.0. The molecule has 0 saturated heterocycles. The van der Waals surface area contributed by atoms with Crippen molar-refractivity contribution in [2.75, 3.05) is 11.4 Å². The standard InChI is InChI=1S/C22H30N2O4S/c1-7-22(4,5)23-21(25)17(3)28-19-12-10-18(11-13-19)24(6)29(26,27)20-14-8-16(2)9-15-20/h8-15,17H,7H2,1-6H3,(H,23,25). The molecule has 158 valence electrons. The summed E-state index contributed by atoms with van der Waals surface area (Å²) < 4.78 is 32.5. The SMILES string of the molecule is CCC(C)(C)NC(=O)C(C)Oc1ccc(N(C)S(=O)(=O)c2ccc(C)cc2)cc1. The van der Waals surface area contributed by atoms with Crippen molar-refractivity contribution >= 4 is 21.6 Å². The van der Waals surface area contributed by atoms with Gasteiger partial charge < -0.3 is 10.1 Å². The predicted octanol–water partition coefficient (Wildman–Crippen LogP) is 3.89. The van der Waals surface area contributed by atoms with E-state index < -0.39 is 16.1 Å². The summed E-state index contributed by atoms with van der Waals surface area (Å²) in [5.41, 5.74) is 1.20. The Morgan fingerprint density at radius 1 is 1.10 bits per heavy atom. The molecule has 1 unspecified atom stereocenters. The summed E-state index contributed by atoms with van der Waals surface area (Å²) in [7, 11) is -2.15. The van der Waals surface area contributed by atoms with Gasteiger partial charge in [-0.3, -0.25) is 9.10 Å². The minimum atomic E-state index is -3.65. The third-order valence-corrected chi connectivity index (χ3v) is 6.71. The number of nitrogens with one attached hydrogen (secondary N) is 1. The third-order valence-electron chi connectivity index (χ3n) is 4.91. The van der Waals surface area contributed by atoms with Crippen LogP contribution in [0.1, 0.15) is 39.7 Å². The molecule has 7 heteroatoms. The third kappa shape index (κ3) is 5.73. The first kappa shape index (κ1) is 22.7. The summed E-state index contributed by atoms with van der Waals surface area (Å²) in [5, 5.41) is 2.95. The summed E-state index contributed by atoms with van der Waals surface area (Å²) in [4.78, 5) is 12.5. The van der Waals surface area contributed by atoms with Gasteiger partial charge in [0, 0.05) is 12.6 Å². The summed E-state index contributed by atoms with van der Waals surface area (Å²) in [6, 6.07) is 13.3. The van der Waals surface area contributed by atoms with Crippen LogP contribution >= 0.6 is 0 Å². The molecule has 2 aromatic carbocycles. The van der Waals surface area contributed by atoms with Gasteiger partial charge in [-0.05, 0) is 70.5 Å². The predicted molar refractivity (Wildman–Crippen MR) is 116 cm³/mol. The van der Waals surface area contributed by atoms with Crippen LogP contribution in [0.4, 0.5) is 5.69 Å². The van der Waals surface area contributed by atoms with Gasteiger partial charge in [0.25, 0.3) is 15.9 Å². The quantitative estimate of drug-likeness (QED) is 0.706. The number of carbonyl (C=O) groups excluding carboxylic acids is 1. The van der Waals surface area contributed by atoms with Crippen LogP contribution in [0.25, 0.3) is 0 Å². The first-order valence-corrected chi connectivity index (χ1v) is 11.0. The number of ether oxygens (including phenoxy) is 1. The van der Waals surface area contributed by atoms with Crippen molar-refractivity contribution in [2.24, 2.45) is 0 Å². The molecule has 0 heterocycles. The van der Waals surface area contributed by atoms with Crippen molar-refractivity contribution in [2.45, 2.75) is 57.6 Å². The fourth-order valence-corrected chi connectivity index (χ4v) is 3.72. The maximum absolute atomic E-state index is 12.8. The molecule has 2 aromatic rings. The second-order valence-electron chi connectivity index (χ2n) is 7.77. The Kier molecular flexibility index (Phi) is 6.95. The van der Waals surface area contributed by atoms with Crippen molar-refractivity contribution < 1.29 is 17.9 Å². The molecule has 0 aliphatic carbocycles. The van der Waals surface area contributed by atoms with Gasteiger partial charge in [0.1, 0.15) is 5.75 Å². The van der Waals surface area contributed by atoms with E-state index in [4.69, 9.17) is 4.74 Å². The number of sulfonamides is 1. The summed E-state index contributed by atoms with van der Waals surface area (Å²) in [6.07, 6.45) is 0.141. The van der Waals surface area contributed by atoms with E-state index in [0.29, 0.717) is 11.4 Å². The molecule has 0 radical (unpaired) electrons.